The topological polar surface area (TPSA) is 102 Å². The van der Waals surface area contributed by atoms with E-state index >= 15 is 0 Å². The maximum Gasteiger partial charge on any atom is 0.332 e. The normalized spacial score (nSPS) is 11.6. The number of primary amides is 1. The first-order chi connectivity index (χ1) is 7.82. The van der Waals surface area contributed by atoms with E-state index in [4.69, 9.17) is 5.73 Å². The zero-order valence-electron chi connectivity index (χ0n) is 8.84. The number of hydrogen-bond acceptors (Lipinski definition) is 4. The van der Waals surface area contributed by atoms with Gasteiger partial charge in [0, 0.05) is 11.8 Å². The third-order valence-electron chi connectivity index (χ3n) is 1.75. The molecule has 0 spiro atoms. The molecule has 0 saturated carbocycles. The Bertz CT molecular complexity index is 569. The molecule has 0 aliphatic carbocycles. The van der Waals surface area contributed by atoms with Crippen molar-refractivity contribution in [3.8, 4) is 0 Å². The van der Waals surface area contributed by atoms with E-state index in [1.54, 1.807) is 0 Å². The number of urea groups is 1. The lowest BCUT2D eigenvalue weighted by Crippen LogP contribution is -2.24. The zero-order valence-corrected chi connectivity index (χ0v) is 9.66. The molecule has 8 heteroatoms. The summed E-state index contributed by atoms with van der Waals surface area (Å²) in [5, 5.41) is 3.38. The van der Waals surface area contributed by atoms with Crippen molar-refractivity contribution in [2.45, 2.75) is 4.90 Å². The van der Waals surface area contributed by atoms with E-state index in [0.29, 0.717) is 0 Å². The summed E-state index contributed by atoms with van der Waals surface area (Å²) in [5.41, 5.74) is 6.67. The highest BCUT2D eigenvalue weighted by Crippen LogP contribution is 2.17. The van der Waals surface area contributed by atoms with Gasteiger partial charge >= 0.3 is 6.03 Å². The molecule has 0 atom stereocenters. The fraction of sp³-hybridized carbons (Fsp3) is 0.111. The van der Waals surface area contributed by atoms with Gasteiger partial charge in [-0.2, -0.15) is 5.10 Å². The number of nitrogens with two attached hydrogens (primary N) is 1. The number of halogens is 1. The molecule has 6 nitrogen and oxygen atoms in total. The van der Waals surface area contributed by atoms with E-state index < -0.39 is 26.6 Å². The predicted octanol–water partition coefficient (Wildman–Crippen LogP) is 0.231. The van der Waals surface area contributed by atoms with E-state index in [2.05, 4.69) is 5.10 Å². The van der Waals surface area contributed by atoms with Crippen molar-refractivity contribution in [2.75, 3.05) is 6.26 Å². The first-order valence-corrected chi connectivity index (χ1v) is 6.28. The molecule has 0 fully saturated rings. The van der Waals surface area contributed by atoms with Crippen LogP contribution in [0.1, 0.15) is 5.56 Å². The fourth-order valence-corrected chi connectivity index (χ4v) is 2.15. The Morgan fingerprint density at radius 3 is 2.71 bits per heavy atom. The molecule has 0 bridgehead atoms. The number of nitrogens with one attached hydrogen (secondary N) is 1. The van der Waals surface area contributed by atoms with E-state index in [1.807, 2.05) is 5.43 Å². The van der Waals surface area contributed by atoms with Crippen LogP contribution in [0.5, 0.6) is 0 Å². The van der Waals surface area contributed by atoms with Crippen LogP contribution in [0.2, 0.25) is 0 Å². The van der Waals surface area contributed by atoms with Crippen LogP contribution in [0.15, 0.2) is 28.2 Å². The van der Waals surface area contributed by atoms with Gasteiger partial charge in [0.1, 0.15) is 10.7 Å². The molecule has 92 valence electrons. The minimum atomic E-state index is -3.73. The number of sulfone groups is 1. The molecule has 1 rings (SSSR count). The maximum absolute atomic E-state index is 13.4. The number of rotatable bonds is 3. The lowest BCUT2D eigenvalue weighted by Gasteiger charge is -2.04. The van der Waals surface area contributed by atoms with Crippen LogP contribution in [-0.2, 0) is 9.84 Å². The van der Waals surface area contributed by atoms with Gasteiger partial charge in [-0.1, -0.05) is 12.1 Å². The first kappa shape index (κ1) is 13.1. The molecule has 0 saturated heterocycles. The maximum atomic E-state index is 13.4. The summed E-state index contributed by atoms with van der Waals surface area (Å²) in [6, 6.07) is 2.80. The summed E-state index contributed by atoms with van der Waals surface area (Å²) in [7, 11) is -3.73. The zero-order chi connectivity index (χ0) is 13.1. The van der Waals surface area contributed by atoms with E-state index in [-0.39, 0.29) is 5.56 Å². The number of nitrogens with zero attached hydrogens (tertiary/aromatic N) is 1. The smallest absolute Gasteiger partial charge is 0.332 e. The first-order valence-electron chi connectivity index (χ1n) is 4.39. The molecule has 0 aliphatic heterocycles. The lowest BCUT2D eigenvalue weighted by atomic mass is 10.2. The van der Waals surface area contributed by atoms with Crippen LogP contribution in [0, 0.1) is 5.82 Å². The molecule has 3 N–H and O–H groups in total. The fourth-order valence-electron chi connectivity index (χ4n) is 1.18. The van der Waals surface area contributed by atoms with Crippen LogP contribution < -0.4 is 11.2 Å². The molecule has 0 aliphatic rings. The number of hydrogen-bond donors (Lipinski definition) is 2. The molecule has 1 aromatic rings. The Kier molecular flexibility index (Phi) is 3.79. The molecule has 0 heterocycles. The van der Waals surface area contributed by atoms with Crippen LogP contribution in [0.4, 0.5) is 9.18 Å². The van der Waals surface area contributed by atoms with Gasteiger partial charge in [0.2, 0.25) is 0 Å². The molecule has 0 aromatic heterocycles. The van der Waals surface area contributed by atoms with E-state index in [0.717, 1.165) is 18.5 Å². The average Bonchev–Trinajstić information content (AvgIpc) is 2.14. The Morgan fingerprint density at radius 1 is 1.53 bits per heavy atom. The Labute approximate surface area is 97.2 Å². The van der Waals surface area contributed by atoms with Gasteiger partial charge in [0.05, 0.1) is 6.21 Å². The average molecular weight is 259 g/mol. The monoisotopic (exact) mass is 259 g/mol. The standard InChI is InChI=1S/C9H10FN3O3S/c1-17(15,16)8-6(3-2-4-7(8)10)5-12-13-9(11)14/h2-5H,1H3,(H3,11,13,14). The second-order valence-corrected chi connectivity index (χ2v) is 5.12. The van der Waals surface area contributed by atoms with Crippen LogP contribution in [0.25, 0.3) is 0 Å². The molecule has 0 unspecified atom stereocenters. The van der Waals surface area contributed by atoms with Gasteiger partial charge in [-0.3, -0.25) is 0 Å². The Morgan fingerprint density at radius 2 is 2.18 bits per heavy atom. The summed E-state index contributed by atoms with van der Waals surface area (Å²) in [4.78, 5) is 9.87. The highest BCUT2D eigenvalue weighted by molar-refractivity contribution is 7.90. The van der Waals surface area contributed by atoms with Crippen molar-refractivity contribution in [1.29, 1.82) is 0 Å². The molecule has 1 aromatic carbocycles. The Hall–Kier alpha value is -1.96. The second kappa shape index (κ2) is 4.91. The summed E-state index contributed by atoms with van der Waals surface area (Å²) >= 11 is 0. The minimum absolute atomic E-state index is 0.0289. The highest BCUT2D eigenvalue weighted by atomic mass is 32.2. The van der Waals surface area contributed by atoms with Gasteiger partial charge < -0.3 is 5.73 Å². The summed E-state index contributed by atoms with van der Waals surface area (Å²) < 4.78 is 36.1. The van der Waals surface area contributed by atoms with Crippen LogP contribution in [0.3, 0.4) is 0 Å². The van der Waals surface area contributed by atoms with Gasteiger partial charge in [-0.25, -0.2) is 23.0 Å². The number of carbonyl (C=O) groups is 1. The predicted molar refractivity (Wildman–Crippen MR) is 59.8 cm³/mol. The minimum Gasteiger partial charge on any atom is -0.350 e. The summed E-state index contributed by atoms with van der Waals surface area (Å²) in [5.74, 6) is -0.879. The van der Waals surface area contributed by atoms with Crippen molar-refractivity contribution in [1.82, 2.24) is 5.43 Å². The largest absolute Gasteiger partial charge is 0.350 e. The van der Waals surface area contributed by atoms with E-state index in [9.17, 15) is 17.6 Å². The van der Waals surface area contributed by atoms with Crippen LogP contribution >= 0.6 is 0 Å². The highest BCUT2D eigenvalue weighted by Gasteiger charge is 2.17. The number of amides is 2. The number of hydrazone groups is 1. The van der Waals surface area contributed by atoms with Crippen molar-refractivity contribution in [3.63, 3.8) is 0 Å². The lowest BCUT2D eigenvalue weighted by molar-refractivity contribution is 0.249. The van der Waals surface area contributed by atoms with Crippen molar-refractivity contribution < 1.29 is 17.6 Å². The molecular weight excluding hydrogens is 249 g/mol. The number of benzene rings is 1. The van der Waals surface area contributed by atoms with Gasteiger partial charge in [0.25, 0.3) is 0 Å². The third-order valence-corrected chi connectivity index (χ3v) is 2.92. The molecule has 17 heavy (non-hydrogen) atoms. The van der Waals surface area contributed by atoms with Gasteiger partial charge in [-0.05, 0) is 6.07 Å². The second-order valence-electron chi connectivity index (χ2n) is 3.16. The van der Waals surface area contributed by atoms with Gasteiger partial charge in [0.15, 0.2) is 9.84 Å². The van der Waals surface area contributed by atoms with Gasteiger partial charge in [-0.15, -0.1) is 0 Å². The molecule has 0 radical (unpaired) electrons. The Balaban J connectivity index is 3.21. The summed E-state index contributed by atoms with van der Waals surface area (Å²) in [6.45, 7) is 0. The molecular formula is C9H10FN3O3S. The van der Waals surface area contributed by atoms with Crippen LogP contribution in [-0.4, -0.2) is 26.9 Å². The number of carbonyl (C=O) groups excluding carboxylic acids is 1. The van der Waals surface area contributed by atoms with Crippen molar-refractivity contribution in [2.24, 2.45) is 10.8 Å². The quantitative estimate of drug-likeness (QED) is 0.600. The van der Waals surface area contributed by atoms with E-state index in [1.165, 1.54) is 12.1 Å². The summed E-state index contributed by atoms with van der Waals surface area (Å²) in [6.07, 6.45) is 1.88. The van der Waals surface area contributed by atoms with Crippen molar-refractivity contribution in [3.05, 3.63) is 29.6 Å². The SMILES string of the molecule is CS(=O)(=O)c1c(F)cccc1C=NNC(N)=O. The van der Waals surface area contributed by atoms with Crippen molar-refractivity contribution >= 4 is 22.1 Å². The third kappa shape index (κ3) is 3.52. The molecule has 2 amide bonds.